The third-order valence-electron chi connectivity index (χ3n) is 2.20. The summed E-state index contributed by atoms with van der Waals surface area (Å²) >= 11 is 0. The maximum absolute atomic E-state index is 5.75. The van der Waals surface area contributed by atoms with Gasteiger partial charge in [-0.25, -0.2) is 4.98 Å². The Kier molecular flexibility index (Phi) is 4.82. The molecule has 1 aromatic heterocycles. The number of nitrogens with zero attached hydrogens (tertiary/aromatic N) is 2. The zero-order valence-corrected chi connectivity index (χ0v) is 9.99. The van der Waals surface area contributed by atoms with Crippen LogP contribution in [-0.4, -0.2) is 16.6 Å². The van der Waals surface area contributed by atoms with Crippen molar-refractivity contribution in [3.05, 3.63) is 5.82 Å². The third kappa shape index (κ3) is 3.25. The van der Waals surface area contributed by atoms with Gasteiger partial charge in [-0.3, -0.25) is 0 Å². The molecule has 16 heavy (non-hydrogen) atoms. The Morgan fingerprint density at radius 3 is 2.50 bits per heavy atom. The lowest BCUT2D eigenvalue weighted by Crippen LogP contribution is -2.09. The highest BCUT2D eigenvalue weighted by Gasteiger charge is 2.10. The highest BCUT2D eigenvalue weighted by Crippen LogP contribution is 2.24. The summed E-state index contributed by atoms with van der Waals surface area (Å²) in [7, 11) is 0. The van der Waals surface area contributed by atoms with E-state index in [0.717, 1.165) is 25.7 Å². The number of aromatic nitrogens is 2. The number of unbranched alkanes of at least 4 members (excludes halogenated alkanes) is 1. The molecule has 0 bridgehead atoms. The number of nitrogen functional groups attached to an aromatic ring is 2. The van der Waals surface area contributed by atoms with Gasteiger partial charge in [0.1, 0.15) is 11.5 Å². The van der Waals surface area contributed by atoms with Crippen molar-refractivity contribution >= 4 is 11.5 Å². The fraction of sp³-hybridized carbons (Fsp3) is 0.636. The largest absolute Gasteiger partial charge is 0.476 e. The Morgan fingerprint density at radius 1 is 1.12 bits per heavy atom. The smallest absolute Gasteiger partial charge is 0.242 e. The van der Waals surface area contributed by atoms with Crippen LogP contribution in [0.15, 0.2) is 0 Å². The lowest BCUT2D eigenvalue weighted by atomic mass is 10.3. The van der Waals surface area contributed by atoms with Gasteiger partial charge in [-0.15, -0.1) is 0 Å². The summed E-state index contributed by atoms with van der Waals surface area (Å²) in [6.07, 6.45) is 3.81. The van der Waals surface area contributed by atoms with Crippen LogP contribution in [-0.2, 0) is 6.42 Å². The number of anilines is 2. The van der Waals surface area contributed by atoms with Gasteiger partial charge in [-0.1, -0.05) is 20.3 Å². The summed E-state index contributed by atoms with van der Waals surface area (Å²) in [6.45, 7) is 4.78. The van der Waals surface area contributed by atoms with Gasteiger partial charge in [0.15, 0.2) is 5.82 Å². The van der Waals surface area contributed by atoms with Gasteiger partial charge in [0.2, 0.25) is 5.88 Å². The van der Waals surface area contributed by atoms with E-state index >= 15 is 0 Å². The van der Waals surface area contributed by atoms with Gasteiger partial charge in [-0.2, -0.15) is 4.98 Å². The topological polar surface area (TPSA) is 87.0 Å². The van der Waals surface area contributed by atoms with Gasteiger partial charge < -0.3 is 16.2 Å². The number of hydrogen-bond acceptors (Lipinski definition) is 5. The Hall–Kier alpha value is -1.52. The van der Waals surface area contributed by atoms with E-state index in [1.54, 1.807) is 0 Å². The van der Waals surface area contributed by atoms with Crippen molar-refractivity contribution < 1.29 is 4.74 Å². The predicted molar refractivity (Wildman–Crippen MR) is 65.3 cm³/mol. The molecule has 90 valence electrons. The molecule has 1 rings (SSSR count). The molecular formula is C11H20N4O. The SMILES string of the molecule is CCCCOc1nc(CCC)nc(N)c1N. The van der Waals surface area contributed by atoms with E-state index < -0.39 is 0 Å². The standard InChI is InChI=1S/C11H20N4O/c1-3-5-7-16-11-9(12)10(13)14-8(15-11)6-4-2/h3-7,12H2,1-2H3,(H2,13,14,15). The molecular weight excluding hydrogens is 204 g/mol. The molecule has 0 unspecified atom stereocenters. The van der Waals surface area contributed by atoms with Crippen molar-refractivity contribution in [2.75, 3.05) is 18.1 Å². The maximum Gasteiger partial charge on any atom is 0.242 e. The molecule has 0 amide bonds. The van der Waals surface area contributed by atoms with Gasteiger partial charge in [-0.05, 0) is 12.8 Å². The summed E-state index contributed by atoms with van der Waals surface area (Å²) in [4.78, 5) is 8.37. The first-order valence-corrected chi connectivity index (χ1v) is 5.73. The Balaban J connectivity index is 2.79. The number of nitrogens with two attached hydrogens (primary N) is 2. The van der Waals surface area contributed by atoms with Crippen molar-refractivity contribution in [2.45, 2.75) is 39.5 Å². The number of ether oxygens (including phenoxy) is 1. The average Bonchev–Trinajstić information content (AvgIpc) is 2.25. The number of aryl methyl sites for hydroxylation is 1. The van der Waals surface area contributed by atoms with Crippen LogP contribution in [0.25, 0.3) is 0 Å². The number of rotatable bonds is 6. The summed E-state index contributed by atoms with van der Waals surface area (Å²) in [6, 6.07) is 0. The molecule has 0 radical (unpaired) electrons. The lowest BCUT2D eigenvalue weighted by Gasteiger charge is -2.10. The second-order valence-corrected chi connectivity index (χ2v) is 3.70. The average molecular weight is 224 g/mol. The van der Waals surface area contributed by atoms with Crippen LogP contribution in [0.3, 0.4) is 0 Å². The van der Waals surface area contributed by atoms with Crippen molar-refractivity contribution in [1.82, 2.24) is 9.97 Å². The minimum Gasteiger partial charge on any atom is -0.476 e. The van der Waals surface area contributed by atoms with Crippen LogP contribution >= 0.6 is 0 Å². The van der Waals surface area contributed by atoms with E-state index in [1.165, 1.54) is 0 Å². The molecule has 0 fully saturated rings. The minimum absolute atomic E-state index is 0.310. The van der Waals surface area contributed by atoms with E-state index in [4.69, 9.17) is 16.2 Å². The highest BCUT2D eigenvalue weighted by atomic mass is 16.5. The lowest BCUT2D eigenvalue weighted by molar-refractivity contribution is 0.298. The second-order valence-electron chi connectivity index (χ2n) is 3.70. The monoisotopic (exact) mass is 224 g/mol. The molecule has 0 spiro atoms. The van der Waals surface area contributed by atoms with Gasteiger partial charge >= 0.3 is 0 Å². The van der Waals surface area contributed by atoms with Crippen LogP contribution in [0.5, 0.6) is 5.88 Å². The Labute approximate surface area is 96.2 Å². The molecule has 5 nitrogen and oxygen atoms in total. The fourth-order valence-corrected chi connectivity index (χ4v) is 1.27. The maximum atomic E-state index is 5.75. The van der Waals surface area contributed by atoms with Crippen LogP contribution in [0.4, 0.5) is 11.5 Å². The zero-order chi connectivity index (χ0) is 12.0. The van der Waals surface area contributed by atoms with Crippen molar-refractivity contribution in [3.63, 3.8) is 0 Å². The molecule has 1 aromatic rings. The molecule has 0 saturated carbocycles. The molecule has 0 aliphatic carbocycles. The molecule has 1 heterocycles. The second kappa shape index (κ2) is 6.15. The Morgan fingerprint density at radius 2 is 1.88 bits per heavy atom. The minimum atomic E-state index is 0.310. The molecule has 0 atom stereocenters. The molecule has 5 heteroatoms. The van der Waals surface area contributed by atoms with Crippen LogP contribution in [0.1, 0.15) is 38.9 Å². The quantitative estimate of drug-likeness (QED) is 0.719. The van der Waals surface area contributed by atoms with E-state index in [1.807, 2.05) is 0 Å². The molecule has 4 N–H and O–H groups in total. The van der Waals surface area contributed by atoms with E-state index in [2.05, 4.69) is 23.8 Å². The van der Waals surface area contributed by atoms with Crippen molar-refractivity contribution in [3.8, 4) is 5.88 Å². The van der Waals surface area contributed by atoms with Gasteiger partial charge in [0.05, 0.1) is 6.61 Å². The van der Waals surface area contributed by atoms with Crippen molar-refractivity contribution in [2.24, 2.45) is 0 Å². The first-order valence-electron chi connectivity index (χ1n) is 5.73. The summed E-state index contributed by atoms with van der Waals surface area (Å²) in [5.74, 6) is 1.43. The van der Waals surface area contributed by atoms with Crippen LogP contribution < -0.4 is 16.2 Å². The fourth-order valence-electron chi connectivity index (χ4n) is 1.27. The summed E-state index contributed by atoms with van der Waals surface area (Å²) in [5.41, 5.74) is 11.8. The van der Waals surface area contributed by atoms with E-state index in [-0.39, 0.29) is 0 Å². The first kappa shape index (κ1) is 12.5. The van der Waals surface area contributed by atoms with E-state index in [9.17, 15) is 0 Å². The molecule has 0 aliphatic heterocycles. The van der Waals surface area contributed by atoms with E-state index in [0.29, 0.717) is 29.8 Å². The third-order valence-corrected chi connectivity index (χ3v) is 2.20. The molecule has 0 saturated heterocycles. The Bertz CT molecular complexity index is 341. The number of hydrogen-bond donors (Lipinski definition) is 2. The first-order chi connectivity index (χ1) is 7.69. The highest BCUT2D eigenvalue weighted by molar-refractivity contribution is 5.64. The molecule has 0 aliphatic rings. The van der Waals surface area contributed by atoms with Crippen molar-refractivity contribution in [1.29, 1.82) is 0 Å². The predicted octanol–water partition coefficient (Wildman–Crippen LogP) is 1.77. The van der Waals surface area contributed by atoms with Gasteiger partial charge in [0.25, 0.3) is 0 Å². The van der Waals surface area contributed by atoms with Crippen LogP contribution in [0, 0.1) is 0 Å². The van der Waals surface area contributed by atoms with Gasteiger partial charge in [0, 0.05) is 6.42 Å². The molecule has 0 aromatic carbocycles. The van der Waals surface area contributed by atoms with Crippen LogP contribution in [0.2, 0.25) is 0 Å². The summed E-state index contributed by atoms with van der Waals surface area (Å²) < 4.78 is 5.49. The normalized spacial score (nSPS) is 10.4. The summed E-state index contributed by atoms with van der Waals surface area (Å²) in [5, 5.41) is 0. The zero-order valence-electron chi connectivity index (χ0n) is 9.99.